The van der Waals surface area contributed by atoms with Crippen molar-refractivity contribution in [1.82, 2.24) is 14.8 Å². The predicted octanol–water partition coefficient (Wildman–Crippen LogP) is 3.86. The van der Waals surface area contributed by atoms with Crippen LogP contribution in [0.5, 0.6) is 5.75 Å². The van der Waals surface area contributed by atoms with Crippen LogP contribution in [0.15, 0.2) is 42.5 Å². The summed E-state index contributed by atoms with van der Waals surface area (Å²) in [4.78, 5) is 32.9. The molecule has 1 amide bonds. The second-order valence-electron chi connectivity index (χ2n) is 8.82. The number of benzene rings is 1. The van der Waals surface area contributed by atoms with Gasteiger partial charge in [0.2, 0.25) is 0 Å². The maximum Gasteiger partial charge on any atom is 0.410 e. The third kappa shape index (κ3) is 7.46. The summed E-state index contributed by atoms with van der Waals surface area (Å²) in [5.41, 5.74) is 1.28. The Balaban J connectivity index is 1.57. The highest BCUT2D eigenvalue weighted by atomic mass is 16.6. The predicted molar refractivity (Wildman–Crippen MR) is 125 cm³/mol. The average Bonchev–Trinajstić information content (AvgIpc) is 2.79. The van der Waals surface area contributed by atoms with Gasteiger partial charge in [0.15, 0.2) is 5.69 Å². The number of piperazine rings is 1. The lowest BCUT2D eigenvalue weighted by Crippen LogP contribution is -2.50. The molecule has 8 heteroatoms. The van der Waals surface area contributed by atoms with Gasteiger partial charge in [-0.3, -0.25) is 4.90 Å². The van der Waals surface area contributed by atoms with Crippen LogP contribution in [0.2, 0.25) is 0 Å². The van der Waals surface area contributed by atoms with Crippen molar-refractivity contribution in [3.63, 3.8) is 0 Å². The fraction of sp³-hybridized carbons (Fsp3) is 0.480. The van der Waals surface area contributed by atoms with Crippen LogP contribution in [-0.2, 0) is 9.47 Å². The lowest BCUT2D eigenvalue weighted by Gasteiger charge is -2.35. The van der Waals surface area contributed by atoms with Gasteiger partial charge in [-0.05, 0) is 27.7 Å². The van der Waals surface area contributed by atoms with Gasteiger partial charge in [-0.15, -0.1) is 0 Å². The first kappa shape index (κ1) is 24.5. The van der Waals surface area contributed by atoms with E-state index in [0.29, 0.717) is 37.7 Å². The van der Waals surface area contributed by atoms with E-state index < -0.39 is 11.6 Å². The monoisotopic (exact) mass is 455 g/mol. The van der Waals surface area contributed by atoms with Crippen LogP contribution in [0.1, 0.15) is 38.2 Å². The molecule has 0 N–H and O–H groups in total. The molecule has 33 heavy (non-hydrogen) atoms. The summed E-state index contributed by atoms with van der Waals surface area (Å²) in [5.74, 6) is 0.0951. The number of pyridine rings is 1. The highest BCUT2D eigenvalue weighted by Crippen LogP contribution is 2.24. The third-order valence-electron chi connectivity index (χ3n) is 5.05. The summed E-state index contributed by atoms with van der Waals surface area (Å²) in [6, 6.07) is 13.1. The van der Waals surface area contributed by atoms with E-state index in [1.165, 1.54) is 0 Å². The molecule has 1 fully saturated rings. The summed E-state index contributed by atoms with van der Waals surface area (Å²) in [7, 11) is 0. The maximum atomic E-state index is 12.3. The van der Waals surface area contributed by atoms with Gasteiger partial charge in [0.25, 0.3) is 0 Å². The fourth-order valence-electron chi connectivity index (χ4n) is 3.43. The highest BCUT2D eigenvalue weighted by molar-refractivity contribution is 5.88. The molecule has 3 rings (SSSR count). The molecule has 8 nitrogen and oxygen atoms in total. The number of ether oxygens (including phenoxy) is 3. The van der Waals surface area contributed by atoms with E-state index >= 15 is 0 Å². The van der Waals surface area contributed by atoms with Crippen LogP contribution in [0.3, 0.4) is 0 Å². The van der Waals surface area contributed by atoms with E-state index in [1.807, 2.05) is 57.2 Å². The third-order valence-corrected chi connectivity index (χ3v) is 5.05. The van der Waals surface area contributed by atoms with Crippen molar-refractivity contribution in [3.05, 3.63) is 48.2 Å². The largest absolute Gasteiger partial charge is 0.492 e. The van der Waals surface area contributed by atoms with Crippen LogP contribution >= 0.6 is 0 Å². The smallest absolute Gasteiger partial charge is 0.410 e. The number of nitrogens with zero attached hydrogens (tertiary/aromatic N) is 3. The van der Waals surface area contributed by atoms with Crippen molar-refractivity contribution in [2.45, 2.75) is 33.3 Å². The SMILES string of the molecule is CCOC(=O)c1cc(OCCN2CCN(C(=O)OC(C)(C)C)CC2)cc(-c2ccccc2)n1. The lowest BCUT2D eigenvalue weighted by atomic mass is 10.1. The molecule has 0 aliphatic carbocycles. The Morgan fingerprint density at radius 1 is 1.03 bits per heavy atom. The van der Waals surface area contributed by atoms with Crippen molar-refractivity contribution < 1.29 is 23.8 Å². The molecule has 0 atom stereocenters. The Bertz CT molecular complexity index is 935. The quantitative estimate of drug-likeness (QED) is 0.587. The summed E-state index contributed by atoms with van der Waals surface area (Å²) in [6.45, 7) is 11.6. The first-order valence-corrected chi connectivity index (χ1v) is 11.3. The number of carbonyl (C=O) groups excluding carboxylic acids is 2. The van der Waals surface area contributed by atoms with E-state index in [0.717, 1.165) is 18.7 Å². The fourth-order valence-corrected chi connectivity index (χ4v) is 3.43. The number of hydrogen-bond acceptors (Lipinski definition) is 7. The molecule has 1 saturated heterocycles. The summed E-state index contributed by atoms with van der Waals surface area (Å²) in [6.07, 6.45) is -0.268. The minimum atomic E-state index is -0.492. The molecule has 1 aromatic carbocycles. The topological polar surface area (TPSA) is 81.2 Å². The summed E-state index contributed by atoms with van der Waals surface area (Å²) in [5, 5.41) is 0. The van der Waals surface area contributed by atoms with Gasteiger partial charge >= 0.3 is 12.1 Å². The first-order valence-electron chi connectivity index (χ1n) is 11.3. The maximum absolute atomic E-state index is 12.3. The second-order valence-corrected chi connectivity index (χ2v) is 8.82. The molecule has 1 aromatic heterocycles. The van der Waals surface area contributed by atoms with Gasteiger partial charge < -0.3 is 19.1 Å². The lowest BCUT2D eigenvalue weighted by molar-refractivity contribution is 0.0136. The molecule has 2 aromatic rings. The number of carbonyl (C=O) groups is 2. The average molecular weight is 456 g/mol. The molecule has 0 spiro atoms. The van der Waals surface area contributed by atoms with Gasteiger partial charge in [-0.1, -0.05) is 30.3 Å². The molecule has 1 aliphatic rings. The van der Waals surface area contributed by atoms with Crippen molar-refractivity contribution in [2.75, 3.05) is 45.9 Å². The summed E-state index contributed by atoms with van der Waals surface area (Å²) >= 11 is 0. The zero-order chi connectivity index (χ0) is 23.8. The van der Waals surface area contributed by atoms with Crippen LogP contribution in [0.25, 0.3) is 11.3 Å². The molecule has 0 unspecified atom stereocenters. The van der Waals surface area contributed by atoms with Gasteiger partial charge in [0.05, 0.1) is 12.3 Å². The molecule has 1 aliphatic heterocycles. The molecule has 0 bridgehead atoms. The van der Waals surface area contributed by atoms with Gasteiger partial charge in [-0.2, -0.15) is 0 Å². The first-order chi connectivity index (χ1) is 15.7. The van der Waals surface area contributed by atoms with Crippen LogP contribution < -0.4 is 4.74 Å². The molecule has 0 saturated carbocycles. The zero-order valence-electron chi connectivity index (χ0n) is 19.9. The standard InChI is InChI=1S/C25H33N3O5/c1-5-31-23(29)22-18-20(17-21(26-22)19-9-7-6-8-10-19)32-16-15-27-11-13-28(14-12-27)24(30)33-25(2,3)4/h6-10,17-18H,5,11-16H2,1-4H3. The van der Waals surface area contributed by atoms with E-state index in [1.54, 1.807) is 17.9 Å². The van der Waals surface area contributed by atoms with Crippen LogP contribution in [0.4, 0.5) is 4.79 Å². The number of esters is 1. The van der Waals surface area contributed by atoms with Gasteiger partial charge in [0.1, 0.15) is 18.0 Å². The second kappa shape index (κ2) is 11.1. The van der Waals surface area contributed by atoms with Crippen LogP contribution in [-0.4, -0.2) is 78.4 Å². The summed E-state index contributed by atoms with van der Waals surface area (Å²) < 4.78 is 16.6. The van der Waals surface area contributed by atoms with Gasteiger partial charge in [-0.25, -0.2) is 14.6 Å². The van der Waals surface area contributed by atoms with Gasteiger partial charge in [0, 0.05) is 50.4 Å². The Morgan fingerprint density at radius 2 is 1.73 bits per heavy atom. The van der Waals surface area contributed by atoms with E-state index in [-0.39, 0.29) is 18.4 Å². The van der Waals surface area contributed by atoms with E-state index in [2.05, 4.69) is 9.88 Å². The van der Waals surface area contributed by atoms with Crippen molar-refractivity contribution >= 4 is 12.1 Å². The van der Waals surface area contributed by atoms with E-state index in [4.69, 9.17) is 14.2 Å². The molecule has 0 radical (unpaired) electrons. The minimum absolute atomic E-state index is 0.221. The molecular formula is C25H33N3O5. The van der Waals surface area contributed by atoms with Crippen molar-refractivity contribution in [2.24, 2.45) is 0 Å². The molecule has 2 heterocycles. The Kier molecular flexibility index (Phi) is 8.27. The number of aromatic nitrogens is 1. The normalized spacial score (nSPS) is 14.6. The molecular weight excluding hydrogens is 422 g/mol. The Labute approximate surface area is 195 Å². The molecule has 178 valence electrons. The number of rotatable bonds is 7. The minimum Gasteiger partial charge on any atom is -0.492 e. The van der Waals surface area contributed by atoms with E-state index in [9.17, 15) is 9.59 Å². The number of amides is 1. The Morgan fingerprint density at radius 3 is 2.36 bits per heavy atom. The number of hydrogen-bond donors (Lipinski definition) is 0. The highest BCUT2D eigenvalue weighted by Gasteiger charge is 2.25. The van der Waals surface area contributed by atoms with Crippen molar-refractivity contribution in [3.8, 4) is 17.0 Å². The zero-order valence-corrected chi connectivity index (χ0v) is 19.9. The Hall–Kier alpha value is -3.13. The van der Waals surface area contributed by atoms with Crippen LogP contribution in [0, 0.1) is 0 Å². The van der Waals surface area contributed by atoms with Crippen molar-refractivity contribution in [1.29, 1.82) is 0 Å².